The number of fused-ring (bicyclic) bond motifs is 5. The molecule has 65 heavy (non-hydrogen) atoms. The van der Waals surface area contributed by atoms with Crippen LogP contribution in [0.4, 0.5) is 20.3 Å². The molecule has 18 nitrogen and oxygen atoms in total. The van der Waals surface area contributed by atoms with Gasteiger partial charge in [0.25, 0.3) is 12.3 Å². The van der Waals surface area contributed by atoms with E-state index in [9.17, 15) is 32.8 Å². The maximum atomic E-state index is 14.3. The van der Waals surface area contributed by atoms with Crippen LogP contribution in [0, 0.1) is 17.8 Å². The zero-order valence-corrected chi connectivity index (χ0v) is 36.2. The Morgan fingerprint density at radius 2 is 1.78 bits per heavy atom. The van der Waals surface area contributed by atoms with Crippen molar-refractivity contribution in [3.05, 3.63) is 70.2 Å². The lowest BCUT2D eigenvalue weighted by molar-refractivity contribution is -0.137. The van der Waals surface area contributed by atoms with Gasteiger partial charge in [0.15, 0.2) is 11.3 Å². The Bertz CT molecular complexity index is 2760. The van der Waals surface area contributed by atoms with E-state index in [2.05, 4.69) is 30.6 Å². The number of nitrogens with one attached hydrogen (secondary N) is 2. The summed E-state index contributed by atoms with van der Waals surface area (Å²) in [4.78, 5) is 76.6. The Labute approximate surface area is 371 Å². The van der Waals surface area contributed by atoms with E-state index in [1.807, 2.05) is 29.2 Å². The molecular weight excluding hydrogens is 843 g/mol. The van der Waals surface area contributed by atoms with E-state index >= 15 is 0 Å². The van der Waals surface area contributed by atoms with Gasteiger partial charge in [-0.25, -0.2) is 23.1 Å². The summed E-state index contributed by atoms with van der Waals surface area (Å²) in [6.07, 6.45) is 7.41. The number of piperidine rings is 1. The first-order chi connectivity index (χ1) is 31.5. The molecule has 1 aliphatic carbocycles. The maximum absolute atomic E-state index is 14.3. The first kappa shape index (κ1) is 41.7. The summed E-state index contributed by atoms with van der Waals surface area (Å²) in [6.45, 7) is 5.55. The van der Waals surface area contributed by atoms with Crippen LogP contribution in [0.25, 0.3) is 16.7 Å². The van der Waals surface area contributed by atoms with Crippen molar-refractivity contribution in [2.75, 3.05) is 56.1 Å². The largest absolute Gasteiger partial charge is 0.374 e. The lowest BCUT2D eigenvalue weighted by Crippen LogP contribution is -2.44. The quantitative estimate of drug-likeness (QED) is 0.185. The summed E-state index contributed by atoms with van der Waals surface area (Å²) >= 11 is 0. The SMILES string of the molecule is Cn1c(=O)n(C2CCC(=O)NC2=O)c2cccc(CCCN3CC4CN(C(=O)C5CCC(n6cc(NC(=O)c7cnn8ccc(N9C[C@H]%10C[C@@H]9CO%10)nc78)c(C(F)F)n6)CC5)CC4C3)c21. The molecule has 1 aromatic carbocycles. The summed E-state index contributed by atoms with van der Waals surface area (Å²) in [5, 5.41) is 13.6. The Hall–Kier alpha value is -6.02. The van der Waals surface area contributed by atoms with E-state index in [1.165, 1.54) is 26.2 Å². The molecule has 1 saturated carbocycles. The van der Waals surface area contributed by atoms with Gasteiger partial charge in [0, 0.05) is 64.5 Å². The minimum absolute atomic E-state index is 0.0589. The van der Waals surface area contributed by atoms with E-state index in [4.69, 9.17) is 9.72 Å². The van der Waals surface area contributed by atoms with Gasteiger partial charge in [-0.1, -0.05) is 12.1 Å². The van der Waals surface area contributed by atoms with Gasteiger partial charge in [-0.2, -0.15) is 10.2 Å². The Morgan fingerprint density at radius 3 is 2.51 bits per heavy atom. The normalized spacial score (nSPS) is 26.9. The van der Waals surface area contributed by atoms with Crippen molar-refractivity contribution in [1.29, 1.82) is 0 Å². The number of benzene rings is 1. The average molecular weight is 895 g/mol. The lowest BCUT2D eigenvalue weighted by atomic mass is 9.85. The van der Waals surface area contributed by atoms with Crippen LogP contribution in [0.1, 0.15) is 91.5 Å². The van der Waals surface area contributed by atoms with Crippen molar-refractivity contribution < 1.29 is 32.7 Å². The number of carbonyl (C=O) groups is 4. The van der Waals surface area contributed by atoms with Gasteiger partial charge in [-0.05, 0) is 87.4 Å². The number of nitrogens with zero attached hydrogens (tertiary/aromatic N) is 10. The summed E-state index contributed by atoms with van der Waals surface area (Å²) in [7, 11) is 1.73. The Balaban J connectivity index is 0.668. The third kappa shape index (κ3) is 7.47. The highest BCUT2D eigenvalue weighted by Gasteiger charge is 2.44. The highest BCUT2D eigenvalue weighted by Crippen LogP contribution is 2.39. The van der Waals surface area contributed by atoms with Crippen molar-refractivity contribution >= 4 is 51.8 Å². The molecular formula is C45H52F2N12O6. The van der Waals surface area contributed by atoms with Crippen molar-refractivity contribution in [3.63, 3.8) is 0 Å². The molecule has 6 fully saturated rings. The molecule has 4 amide bonds. The summed E-state index contributed by atoms with van der Waals surface area (Å²) in [5.74, 6) is 0.193. The Kier molecular flexibility index (Phi) is 10.5. The van der Waals surface area contributed by atoms with Crippen LogP contribution >= 0.6 is 0 Å². The van der Waals surface area contributed by atoms with Crippen molar-refractivity contribution in [3.8, 4) is 0 Å². The van der Waals surface area contributed by atoms with Crippen LogP contribution in [0.5, 0.6) is 0 Å². The average Bonchev–Trinajstić information content (AvgIpc) is 4.18. The number of anilines is 2. The molecule has 6 aliphatic rings. The molecule has 2 bridgehead atoms. The third-order valence-corrected chi connectivity index (χ3v) is 14.9. The molecule has 9 heterocycles. The molecule has 0 radical (unpaired) electrons. The molecule has 4 aromatic heterocycles. The minimum atomic E-state index is -2.91. The zero-order chi connectivity index (χ0) is 44.7. The number of morpholine rings is 1. The lowest BCUT2D eigenvalue weighted by Gasteiger charge is -2.31. The fraction of sp³-hybridized carbons (Fsp3) is 0.556. The summed E-state index contributed by atoms with van der Waals surface area (Å²) < 4.78 is 40.6. The summed E-state index contributed by atoms with van der Waals surface area (Å²) in [5.41, 5.74) is 2.22. The van der Waals surface area contributed by atoms with Crippen molar-refractivity contribution in [2.45, 2.75) is 88.4 Å². The number of halogens is 2. The number of amides is 4. The number of imidazole rings is 1. The number of hydrogen-bond acceptors (Lipinski definition) is 11. The highest BCUT2D eigenvalue weighted by atomic mass is 19.3. The number of imide groups is 1. The van der Waals surface area contributed by atoms with Gasteiger partial charge in [0.1, 0.15) is 17.4 Å². The topological polar surface area (TPSA) is 186 Å². The van der Waals surface area contributed by atoms with E-state index in [0.717, 1.165) is 69.6 Å². The number of carbonyl (C=O) groups excluding carboxylic acids is 4. The smallest absolute Gasteiger partial charge is 0.329 e. The van der Waals surface area contributed by atoms with Crippen LogP contribution in [-0.2, 0) is 32.6 Å². The van der Waals surface area contributed by atoms with Gasteiger partial charge in [-0.15, -0.1) is 0 Å². The van der Waals surface area contributed by atoms with Crippen LogP contribution in [-0.4, -0.2) is 125 Å². The van der Waals surface area contributed by atoms with Crippen LogP contribution in [0.15, 0.2) is 47.7 Å². The van der Waals surface area contributed by atoms with E-state index in [0.29, 0.717) is 67.5 Å². The minimum Gasteiger partial charge on any atom is -0.374 e. The van der Waals surface area contributed by atoms with Gasteiger partial charge >= 0.3 is 5.69 Å². The van der Waals surface area contributed by atoms with E-state index < -0.39 is 30.0 Å². The highest BCUT2D eigenvalue weighted by molar-refractivity contribution is 6.08. The molecule has 5 atom stereocenters. The Morgan fingerprint density at radius 1 is 0.985 bits per heavy atom. The molecule has 3 unspecified atom stereocenters. The molecule has 2 N–H and O–H groups in total. The predicted octanol–water partition coefficient (Wildman–Crippen LogP) is 3.48. The van der Waals surface area contributed by atoms with Gasteiger partial charge in [0.2, 0.25) is 17.7 Å². The van der Waals surface area contributed by atoms with Crippen molar-refractivity contribution in [1.82, 2.24) is 48.6 Å². The molecule has 5 aliphatic heterocycles. The van der Waals surface area contributed by atoms with Gasteiger partial charge in [0.05, 0.1) is 47.7 Å². The summed E-state index contributed by atoms with van der Waals surface area (Å²) in [6, 6.07) is 6.99. The fourth-order valence-corrected chi connectivity index (χ4v) is 11.6. The number of para-hydroxylation sites is 1. The standard InChI is InChI=1S/C45H52F2N12O6/c1-53-39-25(4-2-6-34(39)59(45(53)64)35-11-12-37(60)51-43(35)62)5-3-14-54-18-27-20-55(21-28(27)19-54)44(63)26-7-9-29(10-8-26)58-23-33(38(52-58)40(46)47)49-42(61)32-17-48-57-15-13-36(50-41(32)57)56-22-31-16-30(56)24-65-31/h2,4,6,13,15,17,23,26-31,35,40H,3,5,7-12,14,16,18-22,24H2,1H3,(H,49,61)(H,51,60,62)/t26?,27?,28?,29?,30-,31-,35?/m1/s1. The maximum Gasteiger partial charge on any atom is 0.329 e. The van der Waals surface area contributed by atoms with Crippen molar-refractivity contribution in [2.24, 2.45) is 24.8 Å². The molecule has 5 saturated heterocycles. The number of aromatic nitrogens is 7. The second-order valence-corrected chi connectivity index (χ2v) is 18.9. The number of ether oxygens (including phenoxy) is 1. The third-order valence-electron chi connectivity index (χ3n) is 14.9. The number of rotatable bonds is 11. The predicted molar refractivity (Wildman–Crippen MR) is 232 cm³/mol. The molecule has 20 heteroatoms. The molecule has 0 spiro atoms. The van der Waals surface area contributed by atoms with Crippen LogP contribution in [0.2, 0.25) is 0 Å². The second kappa shape index (κ2) is 16.4. The van der Waals surface area contributed by atoms with E-state index in [1.54, 1.807) is 17.8 Å². The number of aryl methyl sites for hydroxylation is 2. The second-order valence-electron chi connectivity index (χ2n) is 18.9. The van der Waals surface area contributed by atoms with Crippen LogP contribution < -0.4 is 21.2 Å². The number of alkyl halides is 2. The monoisotopic (exact) mass is 894 g/mol. The number of likely N-dealkylation sites (tertiary alicyclic amines) is 2. The fourth-order valence-electron chi connectivity index (χ4n) is 11.6. The first-order valence-corrected chi connectivity index (χ1v) is 22.9. The zero-order valence-electron chi connectivity index (χ0n) is 36.2. The van der Waals surface area contributed by atoms with Gasteiger partial charge in [-0.3, -0.25) is 38.3 Å². The van der Waals surface area contributed by atoms with Gasteiger partial charge < -0.3 is 24.8 Å². The van der Waals surface area contributed by atoms with E-state index in [-0.39, 0.29) is 59.3 Å². The molecule has 5 aromatic rings. The molecule has 11 rings (SSSR count). The van der Waals surface area contributed by atoms with Crippen LogP contribution in [0.3, 0.4) is 0 Å². The molecule has 342 valence electrons. The first-order valence-electron chi connectivity index (χ1n) is 22.9. The number of hydrogen-bond donors (Lipinski definition) is 2.